The maximum absolute atomic E-state index is 15.9. The minimum atomic E-state index is -1.05. The Labute approximate surface area is 276 Å². The summed E-state index contributed by atoms with van der Waals surface area (Å²) in [6.45, 7) is 3.70. The largest absolute Gasteiger partial charge is 0.489 e. The summed E-state index contributed by atoms with van der Waals surface area (Å²) in [6, 6.07) is 19.0. The van der Waals surface area contributed by atoms with Gasteiger partial charge in [0.15, 0.2) is 0 Å². The molecule has 0 spiro atoms. The van der Waals surface area contributed by atoms with Gasteiger partial charge in [-0.05, 0) is 98.0 Å². The van der Waals surface area contributed by atoms with Gasteiger partial charge in [-0.15, -0.1) is 0 Å². The van der Waals surface area contributed by atoms with E-state index in [-0.39, 0.29) is 46.5 Å². The van der Waals surface area contributed by atoms with Crippen molar-refractivity contribution >= 4 is 34.5 Å². The van der Waals surface area contributed by atoms with Gasteiger partial charge in [0.1, 0.15) is 29.8 Å². The van der Waals surface area contributed by atoms with Crippen molar-refractivity contribution in [3.05, 3.63) is 106 Å². The summed E-state index contributed by atoms with van der Waals surface area (Å²) in [5.74, 6) is -1.74. The van der Waals surface area contributed by atoms with Crippen LogP contribution in [0.3, 0.4) is 0 Å². The van der Waals surface area contributed by atoms with E-state index in [1.54, 1.807) is 48.5 Å². The number of imidazole rings is 1. The molecule has 2 N–H and O–H groups in total. The molecule has 5 aromatic rings. The number of ether oxygens (including phenoxy) is 1. The van der Waals surface area contributed by atoms with Gasteiger partial charge < -0.3 is 19.7 Å². The van der Waals surface area contributed by atoms with Gasteiger partial charge in [0.2, 0.25) is 0 Å². The number of nitrogens with one attached hydrogen (secondary N) is 1. The van der Waals surface area contributed by atoms with Crippen LogP contribution in [0.2, 0.25) is 5.02 Å². The second-order valence-electron chi connectivity index (χ2n) is 12.2. The molecule has 1 aliphatic rings. The van der Waals surface area contributed by atoms with E-state index in [4.69, 9.17) is 21.3 Å². The maximum Gasteiger partial charge on any atom is 0.335 e. The number of fused-ring (bicyclic) bond motifs is 1. The van der Waals surface area contributed by atoms with Crippen LogP contribution in [0.1, 0.15) is 78.3 Å². The molecule has 0 aliphatic heterocycles. The smallest absolute Gasteiger partial charge is 0.335 e. The number of amides is 1. The molecule has 6 rings (SSSR count). The number of rotatable bonds is 9. The number of aromatic carboxylic acids is 1. The lowest BCUT2D eigenvalue weighted by molar-refractivity contribution is 0.0696. The van der Waals surface area contributed by atoms with Crippen LogP contribution in [0, 0.1) is 11.6 Å². The summed E-state index contributed by atoms with van der Waals surface area (Å²) in [4.78, 5) is 29.2. The number of halogens is 3. The topological polar surface area (TPSA) is 93.4 Å². The molecular weight excluding hydrogens is 624 g/mol. The first-order valence-corrected chi connectivity index (χ1v) is 16.0. The number of carboxylic acids is 1. The summed E-state index contributed by atoms with van der Waals surface area (Å²) < 4.78 is 38.4. The van der Waals surface area contributed by atoms with Crippen LogP contribution in [-0.2, 0) is 6.61 Å². The number of carbonyl (C=O) groups excluding carboxylic acids is 1. The molecule has 1 fully saturated rings. The van der Waals surface area contributed by atoms with E-state index >= 15 is 4.39 Å². The lowest BCUT2D eigenvalue weighted by Crippen LogP contribution is -2.30. The zero-order chi connectivity index (χ0) is 33.2. The summed E-state index contributed by atoms with van der Waals surface area (Å²) >= 11 is 5.91. The fourth-order valence-corrected chi connectivity index (χ4v) is 6.32. The molecule has 242 valence electrons. The molecule has 0 saturated heterocycles. The summed E-state index contributed by atoms with van der Waals surface area (Å²) in [6.07, 6.45) is 5.10. The van der Waals surface area contributed by atoms with Crippen LogP contribution >= 0.6 is 11.6 Å². The Bertz CT molecular complexity index is 1980. The zero-order valence-corrected chi connectivity index (χ0v) is 26.8. The molecular formula is C37H34ClF2N3O4. The van der Waals surface area contributed by atoms with Crippen molar-refractivity contribution in [3.8, 4) is 28.3 Å². The summed E-state index contributed by atoms with van der Waals surface area (Å²) in [7, 11) is 0. The number of aromatic nitrogens is 2. The predicted octanol–water partition coefficient (Wildman–Crippen LogP) is 9.22. The van der Waals surface area contributed by atoms with Crippen LogP contribution in [0.15, 0.2) is 72.8 Å². The molecule has 10 heteroatoms. The van der Waals surface area contributed by atoms with Gasteiger partial charge in [-0.1, -0.05) is 43.0 Å². The Morgan fingerprint density at radius 3 is 2.38 bits per heavy atom. The van der Waals surface area contributed by atoms with Gasteiger partial charge in [-0.2, -0.15) is 0 Å². The van der Waals surface area contributed by atoms with Crippen LogP contribution in [0.25, 0.3) is 33.5 Å². The third kappa shape index (κ3) is 6.86. The van der Waals surface area contributed by atoms with E-state index in [1.807, 2.05) is 18.4 Å². The number of carboxylic acid groups (broad SMARTS) is 1. The molecule has 7 nitrogen and oxygen atoms in total. The summed E-state index contributed by atoms with van der Waals surface area (Å²) in [5, 5.41) is 12.4. The van der Waals surface area contributed by atoms with Gasteiger partial charge in [0, 0.05) is 23.7 Å². The number of benzene rings is 4. The van der Waals surface area contributed by atoms with Crippen molar-refractivity contribution in [2.24, 2.45) is 0 Å². The lowest BCUT2D eigenvalue weighted by Gasteiger charge is -2.25. The fraction of sp³-hybridized carbons (Fsp3) is 0.270. The molecule has 1 aliphatic carbocycles. The second kappa shape index (κ2) is 13.5. The van der Waals surface area contributed by atoms with Crippen molar-refractivity contribution in [2.45, 2.75) is 64.6 Å². The number of hydrogen-bond acceptors (Lipinski definition) is 4. The monoisotopic (exact) mass is 657 g/mol. The molecule has 1 saturated carbocycles. The molecule has 1 amide bonds. The highest BCUT2D eigenvalue weighted by atomic mass is 35.5. The Morgan fingerprint density at radius 2 is 1.68 bits per heavy atom. The Kier molecular flexibility index (Phi) is 9.27. The SMILES string of the molecule is CC(C)NC(=O)c1ccc(-c2ccc(Cl)c(F)c2)c(COc2ccc(-c3nc4cc(C(=O)O)ccc4n3C3CCCCC3)c(F)c2)c1. The highest BCUT2D eigenvalue weighted by Gasteiger charge is 2.25. The first kappa shape index (κ1) is 32.2. The molecule has 0 unspecified atom stereocenters. The number of carbonyl (C=O) groups is 2. The van der Waals surface area contributed by atoms with E-state index in [0.717, 1.165) is 37.6 Å². The van der Waals surface area contributed by atoms with E-state index < -0.39 is 17.6 Å². The Morgan fingerprint density at radius 1 is 0.936 bits per heavy atom. The van der Waals surface area contributed by atoms with Crippen LogP contribution in [0.4, 0.5) is 8.78 Å². The minimum absolute atomic E-state index is 0.00520. The van der Waals surface area contributed by atoms with Crippen molar-refractivity contribution in [3.63, 3.8) is 0 Å². The third-order valence-electron chi connectivity index (χ3n) is 8.47. The standard InChI is InChI=1S/C37H34ClF2N3O4/c1-21(2)41-36(44)23-8-12-28(22-9-14-30(38)32(40)17-22)25(16-23)20-47-27-11-13-29(31(39)19-27)35-42-33-18-24(37(45)46)10-15-34(33)43(35)26-6-4-3-5-7-26/h8-19,21,26H,3-7,20H2,1-2H3,(H,41,44)(H,45,46). The molecule has 4 aromatic carbocycles. The van der Waals surface area contributed by atoms with Crippen LogP contribution in [0.5, 0.6) is 5.75 Å². The highest BCUT2D eigenvalue weighted by molar-refractivity contribution is 6.30. The average molecular weight is 658 g/mol. The van der Waals surface area contributed by atoms with E-state index in [0.29, 0.717) is 33.6 Å². The van der Waals surface area contributed by atoms with E-state index in [1.165, 1.54) is 24.3 Å². The summed E-state index contributed by atoms with van der Waals surface area (Å²) in [5.41, 5.74) is 3.86. The Balaban J connectivity index is 1.33. The molecule has 47 heavy (non-hydrogen) atoms. The molecule has 0 bridgehead atoms. The molecule has 0 atom stereocenters. The first-order valence-electron chi connectivity index (χ1n) is 15.7. The van der Waals surface area contributed by atoms with Crippen LogP contribution < -0.4 is 10.1 Å². The van der Waals surface area contributed by atoms with E-state index in [9.17, 15) is 19.1 Å². The maximum atomic E-state index is 15.9. The van der Waals surface area contributed by atoms with E-state index in [2.05, 4.69) is 5.32 Å². The molecule has 1 heterocycles. The lowest BCUT2D eigenvalue weighted by atomic mass is 9.94. The van der Waals surface area contributed by atoms with Crippen molar-refractivity contribution < 1.29 is 28.2 Å². The second-order valence-corrected chi connectivity index (χ2v) is 12.6. The van der Waals surface area contributed by atoms with Gasteiger partial charge in [-0.3, -0.25) is 4.79 Å². The van der Waals surface area contributed by atoms with Gasteiger partial charge in [0.25, 0.3) is 5.91 Å². The van der Waals surface area contributed by atoms with Gasteiger partial charge in [-0.25, -0.2) is 18.6 Å². The Hall–Kier alpha value is -4.76. The highest BCUT2D eigenvalue weighted by Crippen LogP contribution is 2.38. The van der Waals surface area contributed by atoms with Crippen LogP contribution in [-0.4, -0.2) is 32.6 Å². The van der Waals surface area contributed by atoms with Gasteiger partial charge >= 0.3 is 5.97 Å². The number of nitrogens with zero attached hydrogens (tertiary/aromatic N) is 2. The van der Waals surface area contributed by atoms with Crippen molar-refractivity contribution in [1.82, 2.24) is 14.9 Å². The quantitative estimate of drug-likeness (QED) is 0.165. The normalized spacial score (nSPS) is 13.7. The van der Waals surface area contributed by atoms with Crippen molar-refractivity contribution in [1.29, 1.82) is 0 Å². The minimum Gasteiger partial charge on any atom is -0.489 e. The fourth-order valence-electron chi connectivity index (χ4n) is 6.20. The van der Waals surface area contributed by atoms with Crippen molar-refractivity contribution in [2.75, 3.05) is 0 Å². The van der Waals surface area contributed by atoms with Gasteiger partial charge in [0.05, 0.1) is 27.2 Å². The predicted molar refractivity (Wildman–Crippen MR) is 178 cm³/mol. The first-order chi connectivity index (χ1) is 22.6. The molecule has 0 radical (unpaired) electrons. The molecule has 1 aromatic heterocycles. The third-order valence-corrected chi connectivity index (χ3v) is 8.78. The average Bonchev–Trinajstić information content (AvgIpc) is 3.43. The number of hydrogen-bond donors (Lipinski definition) is 2. The zero-order valence-electron chi connectivity index (χ0n) is 26.0.